The number of ether oxygens (including phenoxy) is 1. The first-order valence-corrected chi connectivity index (χ1v) is 9.84. The van der Waals surface area contributed by atoms with Crippen molar-refractivity contribution in [2.75, 3.05) is 12.4 Å². The second-order valence-corrected chi connectivity index (χ2v) is 7.08. The number of rotatable bonds is 5. The van der Waals surface area contributed by atoms with Crippen LogP contribution in [-0.4, -0.2) is 32.8 Å². The number of aromatic nitrogens is 4. The van der Waals surface area contributed by atoms with Crippen molar-refractivity contribution in [1.82, 2.24) is 19.7 Å². The maximum absolute atomic E-state index is 12.5. The maximum Gasteiger partial charge on any atom is 0.258 e. The summed E-state index contributed by atoms with van der Waals surface area (Å²) < 4.78 is 7.46. The number of hydrogen-bond donors (Lipinski definition) is 1. The predicted octanol–water partition coefficient (Wildman–Crippen LogP) is 4.29. The van der Waals surface area contributed by atoms with E-state index in [0.29, 0.717) is 23.3 Å². The Hall–Kier alpha value is -4.26. The number of benzene rings is 3. The Labute approximate surface area is 178 Å². The molecule has 3 aromatic carbocycles. The van der Waals surface area contributed by atoms with Gasteiger partial charge < -0.3 is 9.30 Å². The molecular weight excluding hydrogens is 390 g/mol. The van der Waals surface area contributed by atoms with Crippen LogP contribution in [0.15, 0.2) is 78.9 Å². The molecule has 0 radical (unpaired) electrons. The summed E-state index contributed by atoms with van der Waals surface area (Å²) in [6.07, 6.45) is 0. The summed E-state index contributed by atoms with van der Waals surface area (Å²) in [6, 6.07) is 24.9. The van der Waals surface area contributed by atoms with Crippen molar-refractivity contribution in [2.45, 2.75) is 6.54 Å². The van der Waals surface area contributed by atoms with E-state index in [1.165, 1.54) is 0 Å². The van der Waals surface area contributed by atoms with Crippen LogP contribution >= 0.6 is 0 Å². The highest BCUT2D eigenvalue weighted by atomic mass is 16.5. The Bertz CT molecular complexity index is 1380. The minimum atomic E-state index is -0.283. The fourth-order valence-corrected chi connectivity index (χ4v) is 3.60. The number of amides is 1. The van der Waals surface area contributed by atoms with Crippen LogP contribution in [0.25, 0.3) is 22.1 Å². The summed E-state index contributed by atoms with van der Waals surface area (Å²) in [5.74, 6) is 0.606. The third-order valence-corrected chi connectivity index (χ3v) is 5.12. The SMILES string of the molecule is COc1ccc2c(c1)c1nnc(NC(=O)c3ccccc3)nc1n2Cc1ccccc1. The van der Waals surface area contributed by atoms with Crippen molar-refractivity contribution >= 4 is 33.9 Å². The zero-order chi connectivity index (χ0) is 21.2. The van der Waals surface area contributed by atoms with Crippen molar-refractivity contribution in [3.8, 4) is 5.75 Å². The molecule has 1 amide bonds. The molecule has 0 spiro atoms. The third kappa shape index (κ3) is 3.57. The Morgan fingerprint density at radius 3 is 2.45 bits per heavy atom. The van der Waals surface area contributed by atoms with E-state index in [0.717, 1.165) is 22.2 Å². The zero-order valence-corrected chi connectivity index (χ0v) is 16.8. The molecule has 0 atom stereocenters. The lowest BCUT2D eigenvalue weighted by Crippen LogP contribution is -2.15. The summed E-state index contributed by atoms with van der Waals surface area (Å²) in [5.41, 5.74) is 3.92. The largest absolute Gasteiger partial charge is 0.497 e. The zero-order valence-electron chi connectivity index (χ0n) is 16.8. The summed E-state index contributed by atoms with van der Waals surface area (Å²) >= 11 is 0. The minimum Gasteiger partial charge on any atom is -0.497 e. The lowest BCUT2D eigenvalue weighted by Gasteiger charge is -2.08. The molecular formula is C24H19N5O2. The average Bonchev–Trinajstić information content (AvgIpc) is 3.12. The van der Waals surface area contributed by atoms with Crippen molar-refractivity contribution in [2.24, 2.45) is 0 Å². The number of carbonyl (C=O) groups excluding carboxylic acids is 1. The molecule has 2 aromatic heterocycles. The van der Waals surface area contributed by atoms with Crippen molar-refractivity contribution < 1.29 is 9.53 Å². The van der Waals surface area contributed by atoms with Gasteiger partial charge in [0.1, 0.15) is 11.3 Å². The molecule has 0 aliphatic heterocycles. The van der Waals surface area contributed by atoms with Gasteiger partial charge >= 0.3 is 0 Å². The molecule has 2 heterocycles. The van der Waals surface area contributed by atoms with Crippen LogP contribution in [0.4, 0.5) is 5.95 Å². The van der Waals surface area contributed by atoms with E-state index in [9.17, 15) is 4.79 Å². The molecule has 0 fully saturated rings. The molecule has 0 saturated heterocycles. The molecule has 0 aliphatic rings. The van der Waals surface area contributed by atoms with Crippen LogP contribution in [0, 0.1) is 0 Å². The van der Waals surface area contributed by atoms with Crippen LogP contribution in [0.1, 0.15) is 15.9 Å². The number of carbonyl (C=O) groups is 1. The molecule has 31 heavy (non-hydrogen) atoms. The fraction of sp³-hybridized carbons (Fsp3) is 0.0833. The Balaban J connectivity index is 1.62. The van der Waals surface area contributed by atoms with E-state index in [2.05, 4.69) is 37.2 Å². The molecule has 7 heteroatoms. The predicted molar refractivity (Wildman–Crippen MR) is 119 cm³/mol. The van der Waals surface area contributed by atoms with Gasteiger partial charge in [-0.25, -0.2) is 0 Å². The minimum absolute atomic E-state index is 0.158. The molecule has 1 N–H and O–H groups in total. The van der Waals surface area contributed by atoms with E-state index in [-0.39, 0.29) is 11.9 Å². The molecule has 0 unspecified atom stereocenters. The van der Waals surface area contributed by atoms with Crippen molar-refractivity contribution in [3.05, 3.63) is 90.0 Å². The second kappa shape index (κ2) is 7.87. The van der Waals surface area contributed by atoms with Gasteiger partial charge in [0.05, 0.1) is 12.6 Å². The molecule has 5 rings (SSSR count). The average molecular weight is 409 g/mol. The summed E-state index contributed by atoms with van der Waals surface area (Å²) in [6.45, 7) is 0.609. The van der Waals surface area contributed by atoms with Gasteiger partial charge in [0.15, 0.2) is 5.65 Å². The molecule has 0 aliphatic carbocycles. The summed E-state index contributed by atoms with van der Waals surface area (Å²) in [5, 5.41) is 12.2. The van der Waals surface area contributed by atoms with Gasteiger partial charge in [-0.1, -0.05) is 48.5 Å². The highest BCUT2D eigenvalue weighted by Gasteiger charge is 2.17. The number of fused-ring (bicyclic) bond motifs is 3. The first kappa shape index (κ1) is 18.7. The Morgan fingerprint density at radius 1 is 0.968 bits per heavy atom. The van der Waals surface area contributed by atoms with Crippen molar-refractivity contribution in [1.29, 1.82) is 0 Å². The van der Waals surface area contributed by atoms with E-state index in [4.69, 9.17) is 4.74 Å². The van der Waals surface area contributed by atoms with Gasteiger partial charge in [-0.3, -0.25) is 10.1 Å². The topological polar surface area (TPSA) is 81.9 Å². The Morgan fingerprint density at radius 2 is 1.71 bits per heavy atom. The van der Waals surface area contributed by atoms with E-state index < -0.39 is 0 Å². The van der Waals surface area contributed by atoms with Gasteiger partial charge in [0.25, 0.3) is 11.9 Å². The lowest BCUT2D eigenvalue weighted by molar-refractivity contribution is 0.102. The lowest BCUT2D eigenvalue weighted by atomic mass is 10.2. The number of methoxy groups -OCH3 is 1. The normalized spacial score (nSPS) is 11.0. The Kier molecular flexibility index (Phi) is 4.76. The van der Waals surface area contributed by atoms with E-state index in [1.54, 1.807) is 19.2 Å². The maximum atomic E-state index is 12.5. The van der Waals surface area contributed by atoms with Crippen LogP contribution in [0.2, 0.25) is 0 Å². The molecule has 7 nitrogen and oxygen atoms in total. The fourth-order valence-electron chi connectivity index (χ4n) is 3.60. The number of nitrogens with zero attached hydrogens (tertiary/aromatic N) is 4. The van der Waals surface area contributed by atoms with Gasteiger partial charge in [-0.05, 0) is 35.9 Å². The van der Waals surface area contributed by atoms with Crippen molar-refractivity contribution in [3.63, 3.8) is 0 Å². The molecule has 5 aromatic rings. The monoisotopic (exact) mass is 409 g/mol. The van der Waals surface area contributed by atoms with E-state index >= 15 is 0 Å². The summed E-state index contributed by atoms with van der Waals surface area (Å²) in [4.78, 5) is 17.2. The van der Waals surface area contributed by atoms with Gasteiger partial charge in [-0.15, -0.1) is 10.2 Å². The van der Waals surface area contributed by atoms with Crippen LogP contribution in [0.3, 0.4) is 0 Å². The van der Waals surface area contributed by atoms with Gasteiger partial charge in [0.2, 0.25) is 0 Å². The van der Waals surface area contributed by atoms with Gasteiger partial charge in [-0.2, -0.15) is 4.98 Å². The summed E-state index contributed by atoms with van der Waals surface area (Å²) in [7, 11) is 1.63. The highest BCUT2D eigenvalue weighted by Crippen LogP contribution is 2.30. The highest BCUT2D eigenvalue weighted by molar-refractivity contribution is 6.06. The number of hydrogen-bond acceptors (Lipinski definition) is 5. The first-order valence-electron chi connectivity index (χ1n) is 9.84. The number of nitrogens with one attached hydrogen (secondary N) is 1. The number of anilines is 1. The molecule has 0 bridgehead atoms. The van der Waals surface area contributed by atoms with Crippen LogP contribution in [0.5, 0.6) is 5.75 Å². The standard InChI is InChI=1S/C24H19N5O2/c1-31-18-12-13-20-19(14-18)21-22(29(20)15-16-8-4-2-5-9-16)25-24(28-27-21)26-23(30)17-10-6-3-7-11-17/h2-14H,15H2,1H3,(H,25,26,28,30). The third-order valence-electron chi connectivity index (χ3n) is 5.12. The van der Waals surface area contributed by atoms with Crippen LogP contribution in [-0.2, 0) is 6.54 Å². The first-order chi connectivity index (χ1) is 15.2. The second-order valence-electron chi connectivity index (χ2n) is 7.08. The van der Waals surface area contributed by atoms with Crippen LogP contribution < -0.4 is 10.1 Å². The van der Waals surface area contributed by atoms with Gasteiger partial charge in [0, 0.05) is 17.5 Å². The van der Waals surface area contributed by atoms with E-state index in [1.807, 2.05) is 54.6 Å². The molecule has 152 valence electrons. The smallest absolute Gasteiger partial charge is 0.258 e. The molecule has 0 saturated carbocycles. The quantitative estimate of drug-likeness (QED) is 0.468.